The Labute approximate surface area is 104 Å². The van der Waals surface area contributed by atoms with Gasteiger partial charge in [-0.25, -0.2) is 0 Å². The SMILES string of the molecule is CCc1cccc(CC)c1N1CCCC1CO. The van der Waals surface area contributed by atoms with Gasteiger partial charge in [-0.1, -0.05) is 32.0 Å². The van der Waals surface area contributed by atoms with Crippen LogP contribution in [-0.4, -0.2) is 24.3 Å². The molecule has 1 aliphatic heterocycles. The highest BCUT2D eigenvalue weighted by molar-refractivity contribution is 5.61. The van der Waals surface area contributed by atoms with Crippen LogP contribution < -0.4 is 4.90 Å². The molecule has 94 valence electrons. The molecule has 0 amide bonds. The summed E-state index contributed by atoms with van der Waals surface area (Å²) in [5, 5.41) is 9.48. The van der Waals surface area contributed by atoms with Crippen molar-refractivity contribution in [2.75, 3.05) is 18.1 Å². The van der Waals surface area contributed by atoms with E-state index in [0.29, 0.717) is 6.04 Å². The number of benzene rings is 1. The van der Waals surface area contributed by atoms with Gasteiger partial charge in [0.15, 0.2) is 0 Å². The Balaban J connectivity index is 2.41. The number of para-hydroxylation sites is 1. The summed E-state index contributed by atoms with van der Waals surface area (Å²) in [6.45, 7) is 5.79. The van der Waals surface area contributed by atoms with E-state index in [1.165, 1.54) is 23.2 Å². The number of aliphatic hydroxyl groups excluding tert-OH is 1. The first-order valence-corrected chi connectivity index (χ1v) is 6.80. The van der Waals surface area contributed by atoms with Gasteiger partial charge in [-0.15, -0.1) is 0 Å². The molecule has 1 fully saturated rings. The fourth-order valence-corrected chi connectivity index (χ4v) is 2.90. The van der Waals surface area contributed by atoms with E-state index in [4.69, 9.17) is 0 Å². The minimum atomic E-state index is 0.279. The van der Waals surface area contributed by atoms with Crippen LogP contribution in [0.2, 0.25) is 0 Å². The number of aryl methyl sites for hydroxylation is 2. The Morgan fingerprint density at radius 2 is 1.88 bits per heavy atom. The Bertz CT molecular complexity index is 353. The van der Waals surface area contributed by atoms with Crippen molar-refractivity contribution in [2.45, 2.75) is 45.6 Å². The van der Waals surface area contributed by atoms with Crippen molar-refractivity contribution in [2.24, 2.45) is 0 Å². The normalized spacial score (nSPS) is 19.9. The van der Waals surface area contributed by atoms with Gasteiger partial charge in [-0.2, -0.15) is 0 Å². The van der Waals surface area contributed by atoms with E-state index in [9.17, 15) is 5.11 Å². The lowest BCUT2D eigenvalue weighted by Gasteiger charge is -2.29. The first kappa shape index (κ1) is 12.4. The molecule has 0 aromatic heterocycles. The van der Waals surface area contributed by atoms with Crippen molar-refractivity contribution in [1.29, 1.82) is 0 Å². The molecular formula is C15H23NO. The monoisotopic (exact) mass is 233 g/mol. The van der Waals surface area contributed by atoms with E-state index in [2.05, 4.69) is 36.9 Å². The predicted octanol–water partition coefficient (Wildman–Crippen LogP) is 2.77. The molecule has 1 N–H and O–H groups in total. The van der Waals surface area contributed by atoms with Crippen LogP contribution in [0.3, 0.4) is 0 Å². The van der Waals surface area contributed by atoms with Gasteiger partial charge in [-0.05, 0) is 36.8 Å². The topological polar surface area (TPSA) is 23.5 Å². The van der Waals surface area contributed by atoms with Crippen molar-refractivity contribution in [3.05, 3.63) is 29.3 Å². The molecule has 17 heavy (non-hydrogen) atoms. The molecule has 0 bridgehead atoms. The second-order valence-corrected chi connectivity index (χ2v) is 4.80. The third-order valence-corrected chi connectivity index (χ3v) is 3.84. The summed E-state index contributed by atoms with van der Waals surface area (Å²) in [5.41, 5.74) is 4.24. The lowest BCUT2D eigenvalue weighted by Crippen LogP contribution is -2.33. The van der Waals surface area contributed by atoms with Gasteiger partial charge >= 0.3 is 0 Å². The van der Waals surface area contributed by atoms with E-state index < -0.39 is 0 Å². The summed E-state index contributed by atoms with van der Waals surface area (Å²) in [4.78, 5) is 2.43. The third kappa shape index (κ3) is 2.32. The van der Waals surface area contributed by atoms with Crippen LogP contribution in [0.4, 0.5) is 5.69 Å². The third-order valence-electron chi connectivity index (χ3n) is 3.84. The fourth-order valence-electron chi connectivity index (χ4n) is 2.90. The highest BCUT2D eigenvalue weighted by Gasteiger charge is 2.26. The van der Waals surface area contributed by atoms with Crippen LogP contribution in [-0.2, 0) is 12.8 Å². The Hall–Kier alpha value is -1.02. The average Bonchev–Trinajstić information content (AvgIpc) is 2.85. The van der Waals surface area contributed by atoms with Gasteiger partial charge < -0.3 is 10.0 Å². The van der Waals surface area contributed by atoms with Crippen molar-refractivity contribution in [1.82, 2.24) is 0 Å². The minimum absolute atomic E-state index is 0.279. The number of aliphatic hydroxyl groups is 1. The molecule has 0 radical (unpaired) electrons. The Morgan fingerprint density at radius 1 is 1.24 bits per heavy atom. The highest BCUT2D eigenvalue weighted by atomic mass is 16.3. The lowest BCUT2D eigenvalue weighted by atomic mass is 10.0. The van der Waals surface area contributed by atoms with Gasteiger partial charge in [-0.3, -0.25) is 0 Å². The first-order chi connectivity index (χ1) is 8.31. The summed E-state index contributed by atoms with van der Waals surface area (Å²) in [6, 6.07) is 6.93. The van der Waals surface area contributed by atoms with Crippen molar-refractivity contribution in [3.8, 4) is 0 Å². The summed E-state index contributed by atoms with van der Waals surface area (Å²) >= 11 is 0. The first-order valence-electron chi connectivity index (χ1n) is 6.80. The van der Waals surface area contributed by atoms with Crippen LogP contribution in [0, 0.1) is 0 Å². The van der Waals surface area contributed by atoms with Gasteiger partial charge in [0.1, 0.15) is 0 Å². The molecule has 1 saturated heterocycles. The molecule has 2 nitrogen and oxygen atoms in total. The number of hydrogen-bond donors (Lipinski definition) is 1. The van der Waals surface area contributed by atoms with Gasteiger partial charge in [0.25, 0.3) is 0 Å². The maximum absolute atomic E-state index is 9.48. The quantitative estimate of drug-likeness (QED) is 0.864. The second kappa shape index (κ2) is 5.54. The molecule has 0 spiro atoms. The van der Waals surface area contributed by atoms with Gasteiger partial charge in [0.2, 0.25) is 0 Å². The van der Waals surface area contributed by atoms with E-state index >= 15 is 0 Å². The lowest BCUT2D eigenvalue weighted by molar-refractivity contribution is 0.266. The molecule has 1 aromatic rings. The van der Waals surface area contributed by atoms with Crippen LogP contribution >= 0.6 is 0 Å². The Morgan fingerprint density at radius 3 is 2.41 bits per heavy atom. The molecule has 0 aliphatic carbocycles. The summed E-state index contributed by atoms with van der Waals surface area (Å²) in [7, 11) is 0. The number of nitrogens with zero attached hydrogens (tertiary/aromatic N) is 1. The second-order valence-electron chi connectivity index (χ2n) is 4.80. The molecule has 1 aromatic carbocycles. The average molecular weight is 233 g/mol. The van der Waals surface area contributed by atoms with Crippen molar-refractivity contribution in [3.63, 3.8) is 0 Å². The van der Waals surface area contributed by atoms with Crippen molar-refractivity contribution < 1.29 is 5.11 Å². The molecular weight excluding hydrogens is 210 g/mol. The van der Waals surface area contributed by atoms with Gasteiger partial charge in [0, 0.05) is 12.2 Å². The van der Waals surface area contributed by atoms with E-state index in [1.54, 1.807) is 0 Å². The maximum atomic E-state index is 9.48. The summed E-state index contributed by atoms with van der Waals surface area (Å²) < 4.78 is 0. The standard InChI is InChI=1S/C15H23NO/c1-3-12-7-5-8-13(4-2)15(12)16-10-6-9-14(16)11-17/h5,7-8,14,17H,3-4,6,9-11H2,1-2H3. The number of rotatable bonds is 4. The zero-order valence-electron chi connectivity index (χ0n) is 10.9. The van der Waals surface area contributed by atoms with Crippen LogP contribution in [0.25, 0.3) is 0 Å². The van der Waals surface area contributed by atoms with E-state index in [1.807, 2.05) is 0 Å². The smallest absolute Gasteiger partial charge is 0.0635 e. The molecule has 1 atom stereocenters. The summed E-state index contributed by atoms with van der Waals surface area (Å²) in [5.74, 6) is 0. The highest BCUT2D eigenvalue weighted by Crippen LogP contribution is 2.32. The van der Waals surface area contributed by atoms with Crippen LogP contribution in [0.5, 0.6) is 0 Å². The molecule has 1 unspecified atom stereocenters. The van der Waals surface area contributed by atoms with Crippen molar-refractivity contribution >= 4 is 5.69 Å². The van der Waals surface area contributed by atoms with Gasteiger partial charge in [0.05, 0.1) is 12.6 Å². The zero-order valence-corrected chi connectivity index (χ0v) is 10.9. The Kier molecular flexibility index (Phi) is 4.06. The van der Waals surface area contributed by atoms with Crippen LogP contribution in [0.1, 0.15) is 37.8 Å². The molecule has 2 heteroatoms. The van der Waals surface area contributed by atoms with Crippen LogP contribution in [0.15, 0.2) is 18.2 Å². The summed E-state index contributed by atoms with van der Waals surface area (Å²) in [6.07, 6.45) is 4.46. The minimum Gasteiger partial charge on any atom is -0.394 e. The maximum Gasteiger partial charge on any atom is 0.0635 e. The molecule has 1 aliphatic rings. The van der Waals surface area contributed by atoms with E-state index in [-0.39, 0.29) is 6.61 Å². The largest absolute Gasteiger partial charge is 0.394 e. The fraction of sp³-hybridized carbons (Fsp3) is 0.600. The number of anilines is 1. The number of hydrogen-bond acceptors (Lipinski definition) is 2. The molecule has 0 saturated carbocycles. The van der Waals surface area contributed by atoms with E-state index in [0.717, 1.165) is 25.8 Å². The molecule has 2 rings (SSSR count). The predicted molar refractivity (Wildman–Crippen MR) is 72.7 cm³/mol. The molecule has 1 heterocycles. The zero-order chi connectivity index (χ0) is 12.3.